The van der Waals surface area contributed by atoms with Crippen LogP contribution >= 0.6 is 0 Å². The predicted molar refractivity (Wildman–Crippen MR) is 107 cm³/mol. The van der Waals surface area contributed by atoms with Crippen molar-refractivity contribution in [2.24, 2.45) is 0 Å². The number of alkyl halides is 1. The zero-order valence-corrected chi connectivity index (χ0v) is 16.5. The number of ether oxygens (including phenoxy) is 3. The molecule has 0 aliphatic heterocycles. The van der Waals surface area contributed by atoms with Crippen molar-refractivity contribution in [3.05, 3.63) is 72.2 Å². The standard InChI is InChI=1S/C22H20F2N2O4/c1-15(27)26(13-16-12-17(28-2)9-10-20(16)29-14-23)19-7-5-11-25-22(19)30-21-8-4-3-6-18(21)24/h3-12H,13-14H2,1-2H3/i23-1. The summed E-state index contributed by atoms with van der Waals surface area (Å²) in [6.45, 7) is 0.380. The van der Waals surface area contributed by atoms with Crippen LogP contribution in [0.3, 0.4) is 0 Å². The number of halogens is 2. The smallest absolute Gasteiger partial charge is 0.243 e. The molecule has 3 rings (SSSR count). The molecule has 1 aromatic heterocycles. The van der Waals surface area contributed by atoms with Gasteiger partial charge in [0.25, 0.3) is 0 Å². The lowest BCUT2D eigenvalue weighted by molar-refractivity contribution is -0.116. The fourth-order valence-corrected chi connectivity index (χ4v) is 2.84. The minimum absolute atomic E-state index is 0.0243. The van der Waals surface area contributed by atoms with Gasteiger partial charge in [0, 0.05) is 18.7 Å². The molecule has 1 heterocycles. The number of methoxy groups -OCH3 is 1. The maximum Gasteiger partial charge on any atom is 0.243 e. The molecule has 0 fully saturated rings. The molecule has 3 aromatic rings. The second kappa shape index (κ2) is 9.69. The van der Waals surface area contributed by atoms with Crippen LogP contribution in [-0.2, 0) is 11.3 Å². The molecule has 0 unspecified atom stereocenters. The van der Waals surface area contributed by atoms with Gasteiger partial charge in [-0.05, 0) is 42.5 Å². The van der Waals surface area contributed by atoms with E-state index in [0.29, 0.717) is 17.0 Å². The zero-order chi connectivity index (χ0) is 21.5. The number of hydrogen-bond acceptors (Lipinski definition) is 5. The molecule has 0 saturated heterocycles. The van der Waals surface area contributed by atoms with Crippen LogP contribution < -0.4 is 19.1 Å². The van der Waals surface area contributed by atoms with E-state index >= 15 is 0 Å². The Morgan fingerprint density at radius 3 is 2.60 bits per heavy atom. The quantitative estimate of drug-likeness (QED) is 0.527. The normalized spacial score (nSPS) is 10.4. The minimum Gasteiger partial charge on any atom is -0.497 e. The lowest BCUT2D eigenvalue weighted by Crippen LogP contribution is -2.28. The molecule has 2 aromatic carbocycles. The van der Waals surface area contributed by atoms with Crippen LogP contribution in [-0.4, -0.2) is 24.9 Å². The maximum atomic E-state index is 14.0. The van der Waals surface area contributed by atoms with Crippen LogP contribution in [0.1, 0.15) is 12.5 Å². The minimum atomic E-state index is -1.02. The zero-order valence-electron chi connectivity index (χ0n) is 16.5. The fourth-order valence-electron chi connectivity index (χ4n) is 2.84. The fraction of sp³-hybridized carbons (Fsp3) is 0.182. The Bertz CT molecular complexity index is 1030. The van der Waals surface area contributed by atoms with Crippen molar-refractivity contribution in [3.8, 4) is 23.1 Å². The molecular weight excluding hydrogens is 393 g/mol. The Hall–Kier alpha value is -3.68. The Balaban J connectivity index is 1.99. The molecule has 0 aliphatic rings. The number of para-hydroxylation sites is 1. The van der Waals surface area contributed by atoms with Gasteiger partial charge in [-0.2, -0.15) is 0 Å². The average molecular weight is 413 g/mol. The van der Waals surface area contributed by atoms with Gasteiger partial charge in [0.15, 0.2) is 11.6 Å². The number of carbonyl (C=O) groups excluding carboxylic acids is 1. The van der Waals surface area contributed by atoms with Gasteiger partial charge in [0.2, 0.25) is 18.6 Å². The van der Waals surface area contributed by atoms with E-state index in [0.717, 1.165) is 0 Å². The molecule has 0 spiro atoms. The topological polar surface area (TPSA) is 60.9 Å². The van der Waals surface area contributed by atoms with E-state index in [1.54, 1.807) is 42.5 Å². The van der Waals surface area contributed by atoms with E-state index in [2.05, 4.69) is 4.98 Å². The van der Waals surface area contributed by atoms with Gasteiger partial charge in [-0.3, -0.25) is 4.79 Å². The number of amides is 1. The molecule has 0 atom stereocenters. The largest absolute Gasteiger partial charge is 0.497 e. The first-order valence-electron chi connectivity index (χ1n) is 9.04. The Kier molecular flexibility index (Phi) is 6.79. The third-order valence-corrected chi connectivity index (χ3v) is 4.27. The summed E-state index contributed by atoms with van der Waals surface area (Å²) in [4.78, 5) is 18.0. The van der Waals surface area contributed by atoms with Gasteiger partial charge < -0.3 is 19.1 Å². The third-order valence-electron chi connectivity index (χ3n) is 4.27. The van der Waals surface area contributed by atoms with E-state index in [1.165, 1.54) is 37.3 Å². The summed E-state index contributed by atoms with van der Waals surface area (Å²) < 4.78 is 42.7. The van der Waals surface area contributed by atoms with E-state index in [4.69, 9.17) is 14.2 Å². The van der Waals surface area contributed by atoms with Crippen LogP contribution in [0.4, 0.5) is 14.5 Å². The first kappa shape index (κ1) is 21.0. The third kappa shape index (κ3) is 4.83. The molecule has 1 amide bonds. The summed E-state index contributed by atoms with van der Waals surface area (Å²) >= 11 is 0. The molecule has 0 saturated carbocycles. The highest BCUT2D eigenvalue weighted by Gasteiger charge is 2.21. The number of anilines is 1. The number of rotatable bonds is 8. The second-order valence-corrected chi connectivity index (χ2v) is 6.19. The van der Waals surface area contributed by atoms with Crippen molar-refractivity contribution >= 4 is 11.6 Å². The molecule has 0 aliphatic carbocycles. The van der Waals surface area contributed by atoms with Crippen LogP contribution in [0.5, 0.6) is 23.1 Å². The summed E-state index contributed by atoms with van der Waals surface area (Å²) in [7, 11) is 1.50. The monoisotopic (exact) mass is 413 g/mol. The number of aromatic nitrogens is 1. The predicted octanol–water partition coefficient (Wildman–Crippen LogP) is 4.88. The van der Waals surface area contributed by atoms with Gasteiger partial charge in [-0.1, -0.05) is 12.1 Å². The highest BCUT2D eigenvalue weighted by atomic mass is 19.1. The second-order valence-electron chi connectivity index (χ2n) is 6.19. The van der Waals surface area contributed by atoms with Gasteiger partial charge in [0.05, 0.1) is 13.7 Å². The van der Waals surface area contributed by atoms with Gasteiger partial charge in [0.1, 0.15) is 17.2 Å². The van der Waals surface area contributed by atoms with E-state index in [9.17, 15) is 13.6 Å². The van der Waals surface area contributed by atoms with Crippen LogP contribution in [0, 0.1) is 5.82 Å². The average Bonchev–Trinajstić information content (AvgIpc) is 2.75. The van der Waals surface area contributed by atoms with Crippen LogP contribution in [0.15, 0.2) is 60.8 Å². The van der Waals surface area contributed by atoms with Crippen molar-refractivity contribution in [1.82, 2.24) is 4.98 Å². The van der Waals surface area contributed by atoms with Crippen molar-refractivity contribution in [1.29, 1.82) is 0 Å². The Morgan fingerprint density at radius 1 is 1.10 bits per heavy atom. The van der Waals surface area contributed by atoms with Crippen molar-refractivity contribution in [3.63, 3.8) is 0 Å². The summed E-state index contributed by atoms with van der Waals surface area (Å²) in [6, 6.07) is 14.0. The van der Waals surface area contributed by atoms with Crippen LogP contribution in [0.2, 0.25) is 0 Å². The maximum absolute atomic E-state index is 14.0. The van der Waals surface area contributed by atoms with E-state index < -0.39 is 12.7 Å². The molecule has 156 valence electrons. The lowest BCUT2D eigenvalue weighted by atomic mass is 10.1. The number of nitrogens with zero attached hydrogens (tertiary/aromatic N) is 2. The molecule has 0 bridgehead atoms. The number of benzene rings is 2. The lowest BCUT2D eigenvalue weighted by Gasteiger charge is -2.24. The number of hydrogen-bond donors (Lipinski definition) is 0. The van der Waals surface area contributed by atoms with Gasteiger partial charge in [-0.25, -0.2) is 13.8 Å². The number of carbonyl (C=O) groups is 1. The Morgan fingerprint density at radius 2 is 1.90 bits per heavy atom. The first-order chi connectivity index (χ1) is 14.5. The van der Waals surface area contributed by atoms with Gasteiger partial charge in [-0.15, -0.1) is 0 Å². The Labute approximate surface area is 172 Å². The van der Waals surface area contributed by atoms with Gasteiger partial charge >= 0.3 is 0 Å². The van der Waals surface area contributed by atoms with E-state index in [1.807, 2.05) is 0 Å². The SMILES string of the molecule is COc1ccc(OC[18F])c(CN(C(C)=O)c2cccnc2Oc2ccccc2F)c1. The van der Waals surface area contributed by atoms with Crippen molar-refractivity contribution in [2.45, 2.75) is 13.5 Å². The highest BCUT2D eigenvalue weighted by Crippen LogP contribution is 2.34. The summed E-state index contributed by atoms with van der Waals surface area (Å²) in [5.74, 6) is -0.0681. The van der Waals surface area contributed by atoms with Crippen LogP contribution in [0.25, 0.3) is 0 Å². The summed E-state index contributed by atoms with van der Waals surface area (Å²) in [6.07, 6.45) is 1.47. The molecule has 6 nitrogen and oxygen atoms in total. The molecule has 8 heteroatoms. The van der Waals surface area contributed by atoms with Crippen molar-refractivity contribution in [2.75, 3.05) is 18.9 Å². The molecule has 0 N–H and O–H groups in total. The first-order valence-corrected chi connectivity index (χ1v) is 9.04. The number of pyridine rings is 1. The molecule has 0 radical (unpaired) electrons. The summed E-state index contributed by atoms with van der Waals surface area (Å²) in [5.41, 5.74) is 0.838. The van der Waals surface area contributed by atoms with Crippen molar-refractivity contribution < 1.29 is 27.8 Å². The molecule has 30 heavy (non-hydrogen) atoms. The van der Waals surface area contributed by atoms with E-state index in [-0.39, 0.29) is 29.8 Å². The molecular formula is C22H20F2N2O4. The summed E-state index contributed by atoms with van der Waals surface area (Å²) in [5, 5.41) is 0. The highest BCUT2D eigenvalue weighted by molar-refractivity contribution is 5.92.